The number of hydrogen-bond donors (Lipinski definition) is 1. The predicted octanol–water partition coefficient (Wildman–Crippen LogP) is 5.70. The summed E-state index contributed by atoms with van der Waals surface area (Å²) in [6, 6.07) is 16.8. The van der Waals surface area contributed by atoms with Crippen molar-refractivity contribution in [3.63, 3.8) is 0 Å². The van der Waals surface area contributed by atoms with Crippen molar-refractivity contribution < 1.29 is 19.1 Å². The molecule has 1 fully saturated rings. The summed E-state index contributed by atoms with van der Waals surface area (Å²) in [7, 11) is 0. The van der Waals surface area contributed by atoms with Gasteiger partial charge in [-0.15, -0.1) is 0 Å². The van der Waals surface area contributed by atoms with E-state index in [0.717, 1.165) is 0 Å². The first kappa shape index (κ1) is 19.4. The largest absolute Gasteiger partial charge is 0.478 e. The van der Waals surface area contributed by atoms with Crippen LogP contribution in [0.2, 0.25) is 5.02 Å². The van der Waals surface area contributed by atoms with E-state index in [4.69, 9.17) is 33.3 Å². The van der Waals surface area contributed by atoms with Gasteiger partial charge >= 0.3 is 5.97 Å². The Bertz CT molecular complexity index is 1180. The first-order valence-corrected chi connectivity index (χ1v) is 10.00. The van der Waals surface area contributed by atoms with Gasteiger partial charge in [-0.3, -0.25) is 9.69 Å². The molecule has 0 bridgehead atoms. The van der Waals surface area contributed by atoms with Crippen molar-refractivity contribution in [1.82, 2.24) is 0 Å². The van der Waals surface area contributed by atoms with Crippen molar-refractivity contribution in [1.29, 1.82) is 0 Å². The molecule has 8 heteroatoms. The maximum atomic E-state index is 12.8. The molecule has 3 aromatic rings. The Morgan fingerprint density at radius 2 is 1.93 bits per heavy atom. The molecule has 29 heavy (non-hydrogen) atoms. The lowest BCUT2D eigenvalue weighted by Crippen LogP contribution is -2.27. The van der Waals surface area contributed by atoms with Crippen molar-refractivity contribution in [3.8, 4) is 11.3 Å². The molecule has 0 atom stereocenters. The number of aromatic carboxylic acids is 1. The lowest BCUT2D eigenvalue weighted by atomic mass is 10.1. The number of carboxylic acids is 1. The second-order valence-electron chi connectivity index (χ2n) is 6.08. The number of furan rings is 1. The fourth-order valence-corrected chi connectivity index (χ4v) is 4.29. The van der Waals surface area contributed by atoms with Crippen LogP contribution in [0.5, 0.6) is 0 Å². The number of halogens is 1. The average molecular weight is 442 g/mol. The molecule has 1 aromatic heterocycles. The lowest BCUT2D eigenvalue weighted by molar-refractivity contribution is -0.113. The molecule has 1 N–H and O–H groups in total. The molecule has 1 aliphatic rings. The Hall–Kier alpha value is -2.87. The van der Waals surface area contributed by atoms with Crippen LogP contribution in [0, 0.1) is 0 Å². The third-order valence-corrected chi connectivity index (χ3v) is 5.69. The van der Waals surface area contributed by atoms with E-state index < -0.39 is 5.97 Å². The maximum absolute atomic E-state index is 12.8. The minimum atomic E-state index is -1.01. The number of hydrogen-bond acceptors (Lipinski definition) is 5. The van der Waals surface area contributed by atoms with Gasteiger partial charge in [0, 0.05) is 16.7 Å². The highest BCUT2D eigenvalue weighted by Gasteiger charge is 2.33. The summed E-state index contributed by atoms with van der Waals surface area (Å²) >= 11 is 12.6. The Morgan fingerprint density at radius 3 is 2.69 bits per heavy atom. The van der Waals surface area contributed by atoms with E-state index in [2.05, 4.69) is 0 Å². The van der Waals surface area contributed by atoms with E-state index in [0.29, 0.717) is 37.0 Å². The summed E-state index contributed by atoms with van der Waals surface area (Å²) in [5.41, 5.74) is 1.41. The molecule has 144 valence electrons. The Balaban J connectivity index is 1.61. The van der Waals surface area contributed by atoms with Gasteiger partial charge < -0.3 is 9.52 Å². The number of carbonyl (C=O) groups is 2. The van der Waals surface area contributed by atoms with Gasteiger partial charge in [0.2, 0.25) is 0 Å². The molecule has 0 radical (unpaired) electrons. The zero-order valence-corrected chi connectivity index (χ0v) is 17.1. The quantitative estimate of drug-likeness (QED) is 0.413. The second-order valence-corrected chi connectivity index (χ2v) is 8.20. The minimum absolute atomic E-state index is 0.169. The molecule has 1 saturated heterocycles. The van der Waals surface area contributed by atoms with Gasteiger partial charge in [0.25, 0.3) is 5.91 Å². The molecule has 0 spiro atoms. The third kappa shape index (κ3) is 3.98. The Morgan fingerprint density at radius 1 is 1.14 bits per heavy atom. The van der Waals surface area contributed by atoms with E-state index in [1.165, 1.54) is 28.8 Å². The molecular formula is C21H12ClNO4S2. The van der Waals surface area contributed by atoms with Crippen LogP contribution in [0.4, 0.5) is 5.69 Å². The van der Waals surface area contributed by atoms with E-state index in [9.17, 15) is 9.59 Å². The number of carbonyl (C=O) groups excluding carboxylic acids is 1. The normalized spacial score (nSPS) is 15.3. The number of nitrogens with zero attached hydrogens (tertiary/aromatic N) is 1. The standard InChI is InChI=1S/C21H12ClNO4S2/c22-14-5-2-6-15(10-14)23-19(24)18(29-21(23)28)11-16-7-8-17(27-16)12-3-1-4-13(9-12)20(25)26/h1-11H,(H,25,26)/b18-11+. The fraction of sp³-hybridized carbons (Fsp3) is 0. The van der Waals surface area contributed by atoms with Gasteiger partial charge in [-0.1, -0.05) is 53.8 Å². The van der Waals surface area contributed by atoms with Crippen LogP contribution >= 0.6 is 35.6 Å². The summed E-state index contributed by atoms with van der Waals surface area (Å²) in [4.78, 5) is 25.8. The van der Waals surface area contributed by atoms with Gasteiger partial charge in [-0.25, -0.2) is 4.79 Å². The van der Waals surface area contributed by atoms with E-state index in [-0.39, 0.29) is 11.5 Å². The van der Waals surface area contributed by atoms with Gasteiger partial charge in [-0.2, -0.15) is 0 Å². The summed E-state index contributed by atoms with van der Waals surface area (Å²) in [5, 5.41) is 9.65. The van der Waals surface area contributed by atoms with Gasteiger partial charge in [0.1, 0.15) is 11.5 Å². The number of rotatable bonds is 4. The SMILES string of the molecule is O=C(O)c1cccc(-c2ccc(/C=C3/SC(=S)N(c4cccc(Cl)c4)C3=O)o2)c1. The predicted molar refractivity (Wildman–Crippen MR) is 118 cm³/mol. The first-order chi connectivity index (χ1) is 13.9. The van der Waals surface area contributed by atoms with Gasteiger partial charge in [0.15, 0.2) is 4.32 Å². The van der Waals surface area contributed by atoms with Crippen molar-refractivity contribution in [2.75, 3.05) is 4.90 Å². The van der Waals surface area contributed by atoms with Crippen LogP contribution in [-0.2, 0) is 4.79 Å². The van der Waals surface area contributed by atoms with Crippen molar-refractivity contribution in [3.05, 3.63) is 81.9 Å². The minimum Gasteiger partial charge on any atom is -0.478 e. The van der Waals surface area contributed by atoms with Crippen LogP contribution in [0.1, 0.15) is 16.1 Å². The highest BCUT2D eigenvalue weighted by atomic mass is 35.5. The average Bonchev–Trinajstić information content (AvgIpc) is 3.26. The molecule has 1 aliphatic heterocycles. The van der Waals surface area contributed by atoms with Crippen LogP contribution in [0.25, 0.3) is 17.4 Å². The monoisotopic (exact) mass is 441 g/mol. The lowest BCUT2D eigenvalue weighted by Gasteiger charge is -2.14. The topological polar surface area (TPSA) is 70.8 Å². The number of thiocarbonyl (C=S) groups is 1. The fourth-order valence-electron chi connectivity index (χ4n) is 2.83. The Kier molecular flexibility index (Phi) is 5.27. The van der Waals surface area contributed by atoms with E-state index in [1.54, 1.807) is 54.6 Å². The molecular weight excluding hydrogens is 430 g/mol. The molecule has 5 nitrogen and oxygen atoms in total. The highest BCUT2D eigenvalue weighted by Crippen LogP contribution is 2.37. The molecule has 0 saturated carbocycles. The summed E-state index contributed by atoms with van der Waals surface area (Å²) < 4.78 is 6.20. The van der Waals surface area contributed by atoms with Crippen LogP contribution in [-0.4, -0.2) is 21.3 Å². The van der Waals surface area contributed by atoms with Crippen molar-refractivity contribution in [2.24, 2.45) is 0 Å². The van der Waals surface area contributed by atoms with E-state index >= 15 is 0 Å². The highest BCUT2D eigenvalue weighted by molar-refractivity contribution is 8.27. The number of amides is 1. The van der Waals surface area contributed by atoms with Gasteiger partial charge in [0.05, 0.1) is 16.2 Å². The smallest absolute Gasteiger partial charge is 0.335 e. The first-order valence-electron chi connectivity index (χ1n) is 8.39. The van der Waals surface area contributed by atoms with Crippen LogP contribution in [0.3, 0.4) is 0 Å². The summed E-state index contributed by atoms with van der Waals surface area (Å²) in [6.45, 7) is 0. The molecule has 2 aromatic carbocycles. The zero-order chi connectivity index (χ0) is 20.5. The molecule has 0 aliphatic carbocycles. The number of thioether (sulfide) groups is 1. The zero-order valence-electron chi connectivity index (χ0n) is 14.7. The number of benzene rings is 2. The van der Waals surface area contributed by atoms with E-state index in [1.807, 2.05) is 0 Å². The van der Waals surface area contributed by atoms with Crippen LogP contribution in [0.15, 0.2) is 70.0 Å². The van der Waals surface area contributed by atoms with Crippen LogP contribution < -0.4 is 4.90 Å². The number of carboxylic acid groups (broad SMARTS) is 1. The Labute approximate surface area is 180 Å². The third-order valence-electron chi connectivity index (χ3n) is 4.15. The number of anilines is 1. The summed E-state index contributed by atoms with van der Waals surface area (Å²) in [6.07, 6.45) is 1.62. The molecule has 4 rings (SSSR count). The molecule has 2 heterocycles. The van der Waals surface area contributed by atoms with Gasteiger partial charge in [-0.05, 0) is 42.5 Å². The maximum Gasteiger partial charge on any atom is 0.335 e. The molecule has 0 unspecified atom stereocenters. The van der Waals surface area contributed by atoms with Crippen molar-refractivity contribution >= 4 is 63.5 Å². The second kappa shape index (κ2) is 7.87. The molecule has 1 amide bonds. The summed E-state index contributed by atoms with van der Waals surface area (Å²) in [5.74, 6) is -0.298. The van der Waals surface area contributed by atoms with Crippen molar-refractivity contribution in [2.45, 2.75) is 0 Å².